The summed E-state index contributed by atoms with van der Waals surface area (Å²) in [6.45, 7) is 8.01. The molecule has 5 nitrogen and oxygen atoms in total. The van der Waals surface area contributed by atoms with E-state index in [4.69, 9.17) is 9.47 Å². The molecule has 2 aliphatic rings. The number of aliphatic hydroxyl groups excluding tert-OH is 1. The van der Waals surface area contributed by atoms with Crippen LogP contribution in [0, 0.1) is 5.41 Å². The van der Waals surface area contributed by atoms with Gasteiger partial charge < -0.3 is 19.5 Å². The van der Waals surface area contributed by atoms with Crippen molar-refractivity contribution in [3.63, 3.8) is 0 Å². The number of piperidine rings is 1. The maximum atomic E-state index is 12.1. The summed E-state index contributed by atoms with van der Waals surface area (Å²) in [7, 11) is 0. The highest BCUT2D eigenvalue weighted by atomic mass is 16.6. The van der Waals surface area contributed by atoms with E-state index in [0.717, 1.165) is 19.4 Å². The van der Waals surface area contributed by atoms with Crippen molar-refractivity contribution in [1.82, 2.24) is 4.90 Å². The summed E-state index contributed by atoms with van der Waals surface area (Å²) < 4.78 is 10.9. The van der Waals surface area contributed by atoms with Crippen molar-refractivity contribution in [1.29, 1.82) is 0 Å². The van der Waals surface area contributed by atoms with Gasteiger partial charge in [-0.25, -0.2) is 4.79 Å². The smallest absolute Gasteiger partial charge is 0.410 e. The highest BCUT2D eigenvalue weighted by Gasteiger charge is 2.42. The van der Waals surface area contributed by atoms with E-state index in [1.807, 2.05) is 20.8 Å². The Kier molecular flexibility index (Phi) is 4.06. The molecule has 0 aromatic heterocycles. The van der Waals surface area contributed by atoms with Crippen LogP contribution in [0.3, 0.4) is 0 Å². The fourth-order valence-electron chi connectivity index (χ4n) is 3.00. The number of carbonyl (C=O) groups excluding carboxylic acids is 1. The minimum atomic E-state index is -0.468. The van der Waals surface area contributed by atoms with Crippen molar-refractivity contribution in [3.05, 3.63) is 0 Å². The van der Waals surface area contributed by atoms with Crippen molar-refractivity contribution in [2.24, 2.45) is 5.41 Å². The molecular weight excluding hydrogens is 246 g/mol. The largest absolute Gasteiger partial charge is 0.444 e. The van der Waals surface area contributed by atoms with Crippen molar-refractivity contribution < 1.29 is 19.4 Å². The molecule has 2 unspecified atom stereocenters. The number of aliphatic hydroxyl groups is 1. The highest BCUT2D eigenvalue weighted by Crippen LogP contribution is 2.38. The monoisotopic (exact) mass is 271 g/mol. The number of hydrogen-bond acceptors (Lipinski definition) is 4. The summed E-state index contributed by atoms with van der Waals surface area (Å²) in [6.07, 6.45) is 1.99. The molecule has 0 saturated carbocycles. The Morgan fingerprint density at radius 3 is 2.84 bits per heavy atom. The Morgan fingerprint density at radius 1 is 1.47 bits per heavy atom. The van der Waals surface area contributed by atoms with Crippen LogP contribution >= 0.6 is 0 Å². The maximum absolute atomic E-state index is 12.1. The Morgan fingerprint density at radius 2 is 2.21 bits per heavy atom. The van der Waals surface area contributed by atoms with Gasteiger partial charge in [0.25, 0.3) is 0 Å². The lowest BCUT2D eigenvalue weighted by molar-refractivity contribution is -0.105. The minimum Gasteiger partial charge on any atom is -0.444 e. The summed E-state index contributed by atoms with van der Waals surface area (Å²) in [6, 6.07) is 0. The van der Waals surface area contributed by atoms with Gasteiger partial charge in [0.05, 0.1) is 19.3 Å². The zero-order chi connectivity index (χ0) is 14.1. The lowest BCUT2D eigenvalue weighted by Gasteiger charge is -2.46. The van der Waals surface area contributed by atoms with Crippen LogP contribution in [0.25, 0.3) is 0 Å². The van der Waals surface area contributed by atoms with E-state index in [-0.39, 0.29) is 11.5 Å². The second-order valence-corrected chi connectivity index (χ2v) is 6.88. The number of rotatable bonds is 0. The second kappa shape index (κ2) is 5.29. The van der Waals surface area contributed by atoms with Gasteiger partial charge in [0, 0.05) is 18.5 Å². The standard InChI is InChI=1S/C14H25NO4/c1-13(2,3)19-12(17)15-6-4-5-14(9-15)7-11(16)8-18-10-14/h11,16H,4-10H2,1-3H3. The Labute approximate surface area is 114 Å². The SMILES string of the molecule is CC(C)(C)OC(=O)N1CCCC2(COCC(O)C2)C1. The number of ether oxygens (including phenoxy) is 2. The van der Waals surface area contributed by atoms with Gasteiger partial charge in [-0.3, -0.25) is 0 Å². The quantitative estimate of drug-likeness (QED) is 0.729. The summed E-state index contributed by atoms with van der Waals surface area (Å²) in [5.41, 5.74) is -0.558. The van der Waals surface area contributed by atoms with E-state index >= 15 is 0 Å². The van der Waals surface area contributed by atoms with E-state index < -0.39 is 11.7 Å². The predicted molar refractivity (Wildman–Crippen MR) is 70.9 cm³/mol. The number of likely N-dealkylation sites (tertiary alicyclic amines) is 1. The number of nitrogens with zero attached hydrogens (tertiary/aromatic N) is 1. The van der Waals surface area contributed by atoms with Gasteiger partial charge in [-0.1, -0.05) is 0 Å². The summed E-state index contributed by atoms with van der Waals surface area (Å²) >= 11 is 0. The Bertz CT molecular complexity index is 335. The van der Waals surface area contributed by atoms with Crippen molar-refractivity contribution in [3.8, 4) is 0 Å². The molecular formula is C14H25NO4. The normalized spacial score (nSPS) is 32.4. The van der Waals surface area contributed by atoms with Crippen LogP contribution in [-0.2, 0) is 9.47 Å². The molecule has 0 aliphatic carbocycles. The van der Waals surface area contributed by atoms with Gasteiger partial charge in [0.2, 0.25) is 0 Å². The predicted octanol–water partition coefficient (Wildman–Crippen LogP) is 1.78. The summed E-state index contributed by atoms with van der Waals surface area (Å²) in [5, 5.41) is 9.78. The van der Waals surface area contributed by atoms with Crippen LogP contribution in [0.15, 0.2) is 0 Å². The van der Waals surface area contributed by atoms with Crippen LogP contribution in [0.1, 0.15) is 40.0 Å². The minimum absolute atomic E-state index is 0.0905. The third kappa shape index (κ3) is 3.83. The average molecular weight is 271 g/mol. The molecule has 0 radical (unpaired) electrons. The lowest BCUT2D eigenvalue weighted by atomic mass is 9.75. The van der Waals surface area contributed by atoms with E-state index in [2.05, 4.69) is 0 Å². The van der Waals surface area contributed by atoms with Crippen LogP contribution < -0.4 is 0 Å². The van der Waals surface area contributed by atoms with Gasteiger partial charge in [0.1, 0.15) is 5.60 Å². The van der Waals surface area contributed by atoms with Gasteiger partial charge in [-0.05, 0) is 40.0 Å². The number of amides is 1. The third-order valence-electron chi connectivity index (χ3n) is 3.70. The molecule has 2 rings (SSSR count). The summed E-state index contributed by atoms with van der Waals surface area (Å²) in [4.78, 5) is 13.9. The molecule has 110 valence electrons. The first-order valence-electron chi connectivity index (χ1n) is 7.03. The van der Waals surface area contributed by atoms with Crippen LogP contribution in [-0.4, -0.2) is 54.1 Å². The van der Waals surface area contributed by atoms with Gasteiger partial charge in [-0.2, -0.15) is 0 Å². The molecule has 0 aromatic carbocycles. The number of carbonyl (C=O) groups is 1. The first-order valence-corrected chi connectivity index (χ1v) is 7.03. The zero-order valence-corrected chi connectivity index (χ0v) is 12.1. The molecule has 1 spiro atoms. The van der Waals surface area contributed by atoms with Gasteiger partial charge >= 0.3 is 6.09 Å². The van der Waals surface area contributed by atoms with Crippen molar-refractivity contribution in [2.75, 3.05) is 26.3 Å². The van der Waals surface area contributed by atoms with Crippen LogP contribution in [0.2, 0.25) is 0 Å². The Hall–Kier alpha value is -0.810. The molecule has 5 heteroatoms. The van der Waals surface area contributed by atoms with Crippen LogP contribution in [0.5, 0.6) is 0 Å². The van der Waals surface area contributed by atoms with Crippen molar-refractivity contribution in [2.45, 2.75) is 51.7 Å². The molecule has 2 fully saturated rings. The average Bonchev–Trinajstić information content (AvgIpc) is 2.26. The van der Waals surface area contributed by atoms with Crippen LogP contribution in [0.4, 0.5) is 4.79 Å². The fraction of sp³-hybridized carbons (Fsp3) is 0.929. The molecule has 0 bridgehead atoms. The van der Waals surface area contributed by atoms with E-state index in [9.17, 15) is 9.90 Å². The molecule has 1 amide bonds. The molecule has 19 heavy (non-hydrogen) atoms. The first-order chi connectivity index (χ1) is 8.80. The molecule has 2 atom stereocenters. The molecule has 2 heterocycles. The zero-order valence-electron chi connectivity index (χ0n) is 12.1. The highest BCUT2D eigenvalue weighted by molar-refractivity contribution is 5.68. The van der Waals surface area contributed by atoms with Gasteiger partial charge in [-0.15, -0.1) is 0 Å². The molecule has 2 aliphatic heterocycles. The first kappa shape index (κ1) is 14.6. The molecule has 1 N–H and O–H groups in total. The fourth-order valence-corrected chi connectivity index (χ4v) is 3.00. The van der Waals surface area contributed by atoms with E-state index in [1.54, 1.807) is 4.90 Å². The lowest BCUT2D eigenvalue weighted by Crippen LogP contribution is -2.52. The van der Waals surface area contributed by atoms with Gasteiger partial charge in [0.15, 0.2) is 0 Å². The Balaban J connectivity index is 1.98. The maximum Gasteiger partial charge on any atom is 0.410 e. The molecule has 2 saturated heterocycles. The second-order valence-electron chi connectivity index (χ2n) is 6.88. The van der Waals surface area contributed by atoms with Crippen molar-refractivity contribution >= 4 is 6.09 Å². The van der Waals surface area contributed by atoms with E-state index in [1.165, 1.54) is 0 Å². The van der Waals surface area contributed by atoms with E-state index in [0.29, 0.717) is 26.2 Å². The number of hydrogen-bond donors (Lipinski definition) is 1. The third-order valence-corrected chi connectivity index (χ3v) is 3.70. The topological polar surface area (TPSA) is 59.0 Å². The summed E-state index contributed by atoms with van der Waals surface area (Å²) in [5.74, 6) is 0. The molecule has 0 aromatic rings.